The van der Waals surface area contributed by atoms with E-state index in [-0.39, 0.29) is 33.2 Å². The Balaban J connectivity index is 2.19. The molecule has 0 aromatic carbocycles. The zero-order chi connectivity index (χ0) is 20.3. The van der Waals surface area contributed by atoms with E-state index in [1.54, 1.807) is 32.4 Å². The molecule has 2 aromatic rings. The Kier molecular flexibility index (Phi) is 6.60. The number of nitrogens with two attached hydrogens (primary N) is 1. The van der Waals surface area contributed by atoms with Crippen LogP contribution in [0.3, 0.4) is 0 Å². The number of rotatable bonds is 7. The molecule has 2 aromatic heterocycles. The van der Waals surface area contributed by atoms with Crippen molar-refractivity contribution in [1.29, 1.82) is 0 Å². The van der Waals surface area contributed by atoms with Crippen LogP contribution in [0.5, 0.6) is 0 Å². The molecular weight excluding hydrogens is 390 g/mol. The lowest BCUT2D eigenvalue weighted by Crippen LogP contribution is -2.18. The van der Waals surface area contributed by atoms with Crippen LogP contribution in [-0.4, -0.2) is 44.4 Å². The van der Waals surface area contributed by atoms with E-state index >= 15 is 0 Å². The molecule has 2 rings (SSSR count). The largest absolute Gasteiger partial charge is 0.459 e. The summed E-state index contributed by atoms with van der Waals surface area (Å²) in [4.78, 5) is 36.6. The van der Waals surface area contributed by atoms with Crippen LogP contribution < -0.4 is 11.1 Å². The highest BCUT2D eigenvalue weighted by Gasteiger charge is 2.26. The predicted molar refractivity (Wildman–Crippen MR) is 103 cm³/mol. The van der Waals surface area contributed by atoms with Crippen LogP contribution in [0.25, 0.3) is 0 Å². The van der Waals surface area contributed by atoms with Gasteiger partial charge in [-0.05, 0) is 33.3 Å². The Hall–Kier alpha value is -2.40. The molecule has 2 heterocycles. The number of carbonyl (C=O) groups excluding carboxylic acids is 3. The Morgan fingerprint density at radius 3 is 2.48 bits per heavy atom. The highest BCUT2D eigenvalue weighted by Crippen LogP contribution is 2.34. The molecule has 0 saturated carbocycles. The molecule has 27 heavy (non-hydrogen) atoms. The van der Waals surface area contributed by atoms with Crippen LogP contribution in [-0.2, 0) is 16.6 Å². The number of carbonyl (C=O) groups is 3. The molecule has 0 aliphatic rings. The average molecular weight is 412 g/mol. The van der Waals surface area contributed by atoms with Gasteiger partial charge < -0.3 is 20.4 Å². The molecule has 0 aliphatic heterocycles. The number of thiophene rings is 1. The van der Waals surface area contributed by atoms with Gasteiger partial charge in [0.05, 0.1) is 22.3 Å². The molecule has 3 N–H and O–H groups in total. The van der Waals surface area contributed by atoms with Gasteiger partial charge in [0.2, 0.25) is 5.91 Å². The lowest BCUT2D eigenvalue weighted by atomic mass is 10.1. The summed E-state index contributed by atoms with van der Waals surface area (Å²) in [6.07, 6.45) is -0.341. The molecular formula is C16H21N5O4S2. The summed E-state index contributed by atoms with van der Waals surface area (Å²) in [5, 5.41) is 11.4. The van der Waals surface area contributed by atoms with E-state index in [1.807, 2.05) is 6.92 Å². The van der Waals surface area contributed by atoms with Crippen LogP contribution in [0.2, 0.25) is 0 Å². The second-order valence-electron chi connectivity index (χ2n) is 6.00. The first kappa shape index (κ1) is 20.9. The fraction of sp³-hybridized carbons (Fsp3) is 0.438. The Morgan fingerprint density at radius 2 is 1.96 bits per heavy atom. The van der Waals surface area contributed by atoms with Crippen molar-refractivity contribution in [2.45, 2.75) is 39.0 Å². The maximum Gasteiger partial charge on any atom is 0.341 e. The number of aryl methyl sites for hydroxylation is 1. The molecule has 146 valence electrons. The van der Waals surface area contributed by atoms with Crippen molar-refractivity contribution in [2.75, 3.05) is 11.1 Å². The first-order chi connectivity index (χ1) is 12.6. The van der Waals surface area contributed by atoms with Gasteiger partial charge in [-0.15, -0.1) is 21.5 Å². The van der Waals surface area contributed by atoms with E-state index in [0.717, 1.165) is 17.2 Å². The normalized spacial score (nSPS) is 10.9. The van der Waals surface area contributed by atoms with Crippen molar-refractivity contribution >= 4 is 45.9 Å². The van der Waals surface area contributed by atoms with Gasteiger partial charge in [-0.25, -0.2) is 4.79 Å². The number of nitrogens with one attached hydrogen (secondary N) is 1. The third kappa shape index (κ3) is 4.86. The highest BCUT2D eigenvalue weighted by molar-refractivity contribution is 7.99. The number of anilines is 1. The Morgan fingerprint density at radius 1 is 1.30 bits per heavy atom. The van der Waals surface area contributed by atoms with Crippen LogP contribution in [0, 0.1) is 13.8 Å². The minimum atomic E-state index is -0.666. The maximum absolute atomic E-state index is 12.4. The van der Waals surface area contributed by atoms with Crippen molar-refractivity contribution in [3.05, 3.63) is 21.8 Å². The van der Waals surface area contributed by atoms with Gasteiger partial charge >= 0.3 is 5.97 Å². The third-order valence-electron chi connectivity index (χ3n) is 3.56. The van der Waals surface area contributed by atoms with Crippen molar-refractivity contribution in [1.82, 2.24) is 14.8 Å². The number of hydrogen-bond acceptors (Lipinski definition) is 8. The quantitative estimate of drug-likeness (QED) is 0.526. The molecule has 0 saturated heterocycles. The van der Waals surface area contributed by atoms with Gasteiger partial charge in [0, 0.05) is 7.05 Å². The van der Waals surface area contributed by atoms with Crippen molar-refractivity contribution in [3.8, 4) is 0 Å². The lowest BCUT2D eigenvalue weighted by Gasteiger charge is -2.10. The molecule has 0 fully saturated rings. The lowest BCUT2D eigenvalue weighted by molar-refractivity contribution is -0.113. The van der Waals surface area contributed by atoms with Crippen molar-refractivity contribution < 1.29 is 19.1 Å². The summed E-state index contributed by atoms with van der Waals surface area (Å²) in [7, 11) is 1.80. The van der Waals surface area contributed by atoms with E-state index in [9.17, 15) is 14.4 Å². The van der Waals surface area contributed by atoms with Crippen LogP contribution in [0.15, 0.2) is 5.16 Å². The SMILES string of the molecule is Cc1c(C(N)=O)sc(NC(=O)CSc2nnc(C)n2C)c1C(=O)OC(C)C. The van der Waals surface area contributed by atoms with Gasteiger partial charge in [0.1, 0.15) is 10.8 Å². The van der Waals surface area contributed by atoms with Gasteiger partial charge in [-0.2, -0.15) is 0 Å². The standard InChI is InChI=1S/C16H21N5O4S2/c1-7(2)25-15(24)11-8(3)12(13(17)23)27-14(11)18-10(22)6-26-16-20-19-9(4)21(16)5/h7H,6H2,1-5H3,(H2,17,23)(H,18,22). The summed E-state index contributed by atoms with van der Waals surface area (Å²) < 4.78 is 6.99. The first-order valence-corrected chi connectivity index (χ1v) is 9.84. The molecule has 0 atom stereocenters. The highest BCUT2D eigenvalue weighted by atomic mass is 32.2. The number of amides is 2. The summed E-state index contributed by atoms with van der Waals surface area (Å²) in [6, 6.07) is 0. The smallest absolute Gasteiger partial charge is 0.341 e. The molecule has 0 unspecified atom stereocenters. The molecule has 9 nitrogen and oxygen atoms in total. The first-order valence-electron chi connectivity index (χ1n) is 8.04. The second-order valence-corrected chi connectivity index (χ2v) is 7.97. The van der Waals surface area contributed by atoms with Crippen molar-refractivity contribution in [3.63, 3.8) is 0 Å². The van der Waals surface area contributed by atoms with E-state index in [2.05, 4.69) is 15.5 Å². The topological polar surface area (TPSA) is 129 Å². The van der Waals surface area contributed by atoms with E-state index < -0.39 is 11.9 Å². The van der Waals surface area contributed by atoms with E-state index in [0.29, 0.717) is 10.7 Å². The maximum atomic E-state index is 12.4. The predicted octanol–water partition coefficient (Wildman–Crippen LogP) is 1.89. The molecule has 0 aliphatic carbocycles. The second kappa shape index (κ2) is 8.53. The fourth-order valence-corrected chi connectivity index (χ4v) is 3.98. The van der Waals surface area contributed by atoms with Gasteiger partial charge in [-0.3, -0.25) is 9.59 Å². The molecule has 2 amide bonds. The zero-order valence-corrected chi connectivity index (χ0v) is 17.3. The number of nitrogens with zero attached hydrogens (tertiary/aromatic N) is 3. The van der Waals surface area contributed by atoms with Gasteiger partial charge in [-0.1, -0.05) is 11.8 Å². The molecule has 0 bridgehead atoms. The van der Waals surface area contributed by atoms with E-state index in [1.165, 1.54) is 11.8 Å². The molecule has 0 radical (unpaired) electrons. The monoisotopic (exact) mass is 411 g/mol. The Bertz CT molecular complexity index is 888. The minimum absolute atomic E-state index is 0.0630. The third-order valence-corrected chi connectivity index (χ3v) is 5.80. The van der Waals surface area contributed by atoms with Crippen LogP contribution in [0.4, 0.5) is 5.00 Å². The zero-order valence-electron chi connectivity index (χ0n) is 15.7. The average Bonchev–Trinajstić information content (AvgIpc) is 3.05. The number of primary amides is 1. The summed E-state index contributed by atoms with van der Waals surface area (Å²) >= 11 is 2.17. The molecule has 0 spiro atoms. The fourth-order valence-electron chi connectivity index (χ4n) is 2.16. The van der Waals surface area contributed by atoms with Gasteiger partial charge in [0.15, 0.2) is 5.16 Å². The summed E-state index contributed by atoms with van der Waals surface area (Å²) in [6.45, 7) is 6.84. The number of esters is 1. The number of hydrogen-bond donors (Lipinski definition) is 2. The minimum Gasteiger partial charge on any atom is -0.459 e. The summed E-state index contributed by atoms with van der Waals surface area (Å²) in [5.74, 6) is -0.834. The number of ether oxygens (including phenoxy) is 1. The van der Waals surface area contributed by atoms with Crippen LogP contribution in [0.1, 0.15) is 45.3 Å². The van der Waals surface area contributed by atoms with E-state index in [4.69, 9.17) is 10.5 Å². The molecule has 11 heteroatoms. The van der Waals surface area contributed by atoms with Gasteiger partial charge in [0.25, 0.3) is 5.91 Å². The van der Waals surface area contributed by atoms with Crippen molar-refractivity contribution in [2.24, 2.45) is 12.8 Å². The summed E-state index contributed by atoms with van der Waals surface area (Å²) in [5.41, 5.74) is 5.91. The van der Waals surface area contributed by atoms with Crippen LogP contribution >= 0.6 is 23.1 Å². The number of aromatic nitrogens is 3. The number of thioether (sulfide) groups is 1. The Labute approximate surface area is 164 Å².